The Balaban J connectivity index is 1.59. The minimum absolute atomic E-state index is 0.0751. The van der Waals surface area contributed by atoms with Crippen LogP contribution in [0.4, 0.5) is 0 Å². The third-order valence-corrected chi connectivity index (χ3v) is 7.84. The molecule has 9 heteroatoms. The van der Waals surface area contributed by atoms with E-state index in [0.29, 0.717) is 30.1 Å². The summed E-state index contributed by atoms with van der Waals surface area (Å²) in [6.45, 7) is 5.18. The average Bonchev–Trinajstić information content (AvgIpc) is 3.35. The van der Waals surface area contributed by atoms with Crippen LogP contribution in [0.5, 0.6) is 5.75 Å². The Morgan fingerprint density at radius 3 is 2.53 bits per heavy atom. The van der Waals surface area contributed by atoms with Crippen molar-refractivity contribution >= 4 is 34.5 Å². The highest BCUT2D eigenvalue weighted by Gasteiger charge is 2.42. The van der Waals surface area contributed by atoms with Gasteiger partial charge in [-0.3, -0.25) is 4.79 Å². The molecule has 1 saturated heterocycles. The lowest BCUT2D eigenvalue weighted by Crippen LogP contribution is -2.47. The van der Waals surface area contributed by atoms with Gasteiger partial charge in [-0.1, -0.05) is 54.2 Å². The van der Waals surface area contributed by atoms with Gasteiger partial charge in [0.05, 0.1) is 37.4 Å². The summed E-state index contributed by atoms with van der Waals surface area (Å²) in [7, 11) is 3.69. The number of carbonyl (C=O) groups is 2. The highest BCUT2D eigenvalue weighted by Crippen LogP contribution is 2.47. The van der Waals surface area contributed by atoms with Gasteiger partial charge in [0.1, 0.15) is 5.75 Å². The van der Waals surface area contributed by atoms with E-state index >= 15 is 0 Å². The van der Waals surface area contributed by atoms with E-state index in [4.69, 9.17) is 14.5 Å². The van der Waals surface area contributed by atoms with Crippen molar-refractivity contribution in [2.75, 3.05) is 46.9 Å². The number of hydrogen-bond acceptors (Lipinski definition) is 8. The van der Waals surface area contributed by atoms with E-state index in [-0.39, 0.29) is 18.9 Å². The van der Waals surface area contributed by atoms with Crippen LogP contribution in [0.15, 0.2) is 76.3 Å². The first kappa shape index (κ1) is 26.1. The van der Waals surface area contributed by atoms with Gasteiger partial charge in [0.15, 0.2) is 5.17 Å². The van der Waals surface area contributed by atoms with Crippen LogP contribution in [0, 0.1) is 0 Å². The van der Waals surface area contributed by atoms with Crippen LogP contribution in [0.25, 0.3) is 5.70 Å². The highest BCUT2D eigenvalue weighted by molar-refractivity contribution is 8.16. The molecule has 0 radical (unpaired) electrons. The van der Waals surface area contributed by atoms with E-state index in [9.17, 15) is 9.59 Å². The summed E-state index contributed by atoms with van der Waals surface area (Å²) in [6, 6.07) is 16.8. The molecular weight excluding hydrogens is 500 g/mol. The maximum Gasteiger partial charge on any atom is 0.338 e. The number of esters is 1. The zero-order valence-electron chi connectivity index (χ0n) is 21.9. The lowest BCUT2D eigenvalue weighted by molar-refractivity contribution is -0.139. The molecule has 1 atom stereocenters. The molecule has 3 aliphatic heterocycles. The van der Waals surface area contributed by atoms with E-state index in [2.05, 4.69) is 11.9 Å². The predicted octanol–water partition coefficient (Wildman–Crippen LogP) is 4.13. The fraction of sp³-hybridized carbons (Fsp3) is 0.345. The van der Waals surface area contributed by atoms with Crippen LogP contribution in [-0.2, 0) is 14.3 Å². The van der Waals surface area contributed by atoms with Crippen molar-refractivity contribution in [3.8, 4) is 5.75 Å². The second kappa shape index (κ2) is 11.4. The SMILES string of the molecule is CCOC(=O)C1=C(c2ccccc2)N=C2SC=C(CC(=O)N3CCN(C)CC3)N2C1c1cccc(OC)c1. The molecule has 3 heterocycles. The number of amides is 1. The number of aliphatic imine (C=N–C) groups is 1. The number of hydrogen-bond donors (Lipinski definition) is 0. The summed E-state index contributed by atoms with van der Waals surface area (Å²) in [5, 5.41) is 2.71. The molecule has 1 unspecified atom stereocenters. The number of thioether (sulfide) groups is 1. The molecule has 0 saturated carbocycles. The standard InChI is InChI=1S/C29H32N4O4S/c1-4-37-28(35)25-26(20-9-6-5-7-10-20)30-29-33(27(25)21-11-8-12-23(17-21)36-3)22(19-38-29)18-24(34)32-15-13-31(2)14-16-32/h5-12,17,19,27H,4,13-16,18H2,1-3H3. The molecule has 0 aliphatic carbocycles. The Bertz CT molecular complexity index is 1300. The van der Waals surface area contributed by atoms with E-state index in [1.807, 2.05) is 69.8 Å². The molecule has 0 bridgehead atoms. The monoisotopic (exact) mass is 532 g/mol. The largest absolute Gasteiger partial charge is 0.497 e. The van der Waals surface area contributed by atoms with Crippen molar-refractivity contribution in [3.05, 3.63) is 82.4 Å². The van der Waals surface area contributed by atoms with Gasteiger partial charge < -0.3 is 24.2 Å². The van der Waals surface area contributed by atoms with E-state index in [1.165, 1.54) is 11.8 Å². The van der Waals surface area contributed by atoms with Gasteiger partial charge in [0, 0.05) is 37.4 Å². The molecule has 3 aliphatic rings. The fourth-order valence-corrected chi connectivity index (χ4v) is 5.86. The van der Waals surface area contributed by atoms with Crippen molar-refractivity contribution in [2.24, 2.45) is 4.99 Å². The summed E-state index contributed by atoms with van der Waals surface area (Å²) in [4.78, 5) is 38.1. The topological polar surface area (TPSA) is 74.7 Å². The number of likely N-dealkylation sites (N-methyl/N-ethyl adjacent to an activating group) is 1. The summed E-state index contributed by atoms with van der Waals surface area (Å²) in [6.07, 6.45) is 0.229. The molecule has 198 valence electrons. The number of nitrogens with zero attached hydrogens (tertiary/aromatic N) is 4. The second-order valence-corrected chi connectivity index (χ2v) is 10.2. The summed E-state index contributed by atoms with van der Waals surface area (Å²) in [5.41, 5.74) is 3.53. The summed E-state index contributed by atoms with van der Waals surface area (Å²) >= 11 is 1.47. The second-order valence-electron chi connectivity index (χ2n) is 9.38. The Morgan fingerprint density at radius 2 is 1.82 bits per heavy atom. The quantitative estimate of drug-likeness (QED) is 0.497. The predicted molar refractivity (Wildman–Crippen MR) is 149 cm³/mol. The Morgan fingerprint density at radius 1 is 1.05 bits per heavy atom. The van der Waals surface area contributed by atoms with Crippen LogP contribution in [-0.4, -0.2) is 78.7 Å². The van der Waals surface area contributed by atoms with Gasteiger partial charge in [-0.05, 0) is 37.1 Å². The first-order valence-corrected chi connectivity index (χ1v) is 13.7. The van der Waals surface area contributed by atoms with E-state index in [0.717, 1.165) is 35.1 Å². The third-order valence-electron chi connectivity index (χ3n) is 6.95. The normalized spacial score (nSPS) is 19.6. The molecule has 2 aromatic rings. The molecule has 38 heavy (non-hydrogen) atoms. The Kier molecular flexibility index (Phi) is 7.85. The van der Waals surface area contributed by atoms with Gasteiger partial charge in [0.25, 0.3) is 0 Å². The van der Waals surface area contributed by atoms with Gasteiger partial charge in [-0.2, -0.15) is 0 Å². The number of fused-ring (bicyclic) bond motifs is 1. The molecule has 1 fully saturated rings. The smallest absolute Gasteiger partial charge is 0.338 e. The van der Waals surface area contributed by atoms with Crippen LogP contribution >= 0.6 is 11.8 Å². The number of ether oxygens (including phenoxy) is 2. The number of methoxy groups -OCH3 is 1. The van der Waals surface area contributed by atoms with Crippen LogP contribution in [0.2, 0.25) is 0 Å². The number of amidine groups is 1. The highest BCUT2D eigenvalue weighted by atomic mass is 32.2. The molecule has 8 nitrogen and oxygen atoms in total. The van der Waals surface area contributed by atoms with Gasteiger partial charge in [-0.15, -0.1) is 0 Å². The maximum absolute atomic E-state index is 13.6. The van der Waals surface area contributed by atoms with Crippen molar-refractivity contribution in [1.82, 2.24) is 14.7 Å². The zero-order chi connectivity index (χ0) is 26.6. The number of benzene rings is 2. The molecular formula is C29H32N4O4S. The van der Waals surface area contributed by atoms with Crippen molar-refractivity contribution in [3.63, 3.8) is 0 Å². The first-order chi connectivity index (χ1) is 18.5. The van der Waals surface area contributed by atoms with E-state index < -0.39 is 12.0 Å². The molecule has 5 rings (SSSR count). The Labute approximate surface area is 227 Å². The van der Waals surface area contributed by atoms with Gasteiger partial charge >= 0.3 is 5.97 Å². The Hall–Kier alpha value is -3.56. The lowest BCUT2D eigenvalue weighted by atomic mass is 9.91. The molecule has 0 spiro atoms. The molecule has 0 N–H and O–H groups in total. The number of rotatable bonds is 7. The van der Waals surface area contributed by atoms with Crippen LogP contribution < -0.4 is 4.74 Å². The third kappa shape index (κ3) is 5.21. The average molecular weight is 533 g/mol. The van der Waals surface area contributed by atoms with Gasteiger partial charge in [-0.25, -0.2) is 9.79 Å². The van der Waals surface area contributed by atoms with Crippen LogP contribution in [0.3, 0.4) is 0 Å². The fourth-order valence-electron chi connectivity index (χ4n) is 4.94. The van der Waals surface area contributed by atoms with Crippen molar-refractivity contribution in [2.45, 2.75) is 19.4 Å². The van der Waals surface area contributed by atoms with Crippen LogP contribution in [0.1, 0.15) is 30.5 Å². The van der Waals surface area contributed by atoms with E-state index in [1.54, 1.807) is 14.0 Å². The maximum atomic E-state index is 13.6. The lowest BCUT2D eigenvalue weighted by Gasteiger charge is -2.38. The minimum atomic E-state index is -0.534. The molecule has 0 aromatic heterocycles. The summed E-state index contributed by atoms with van der Waals surface area (Å²) in [5.74, 6) is 0.330. The van der Waals surface area contributed by atoms with Crippen molar-refractivity contribution in [1.29, 1.82) is 0 Å². The minimum Gasteiger partial charge on any atom is -0.497 e. The number of piperazine rings is 1. The molecule has 1 amide bonds. The van der Waals surface area contributed by atoms with Crippen molar-refractivity contribution < 1.29 is 19.1 Å². The first-order valence-electron chi connectivity index (χ1n) is 12.8. The number of carbonyl (C=O) groups excluding carboxylic acids is 2. The van der Waals surface area contributed by atoms with Gasteiger partial charge in [0.2, 0.25) is 5.91 Å². The zero-order valence-corrected chi connectivity index (χ0v) is 22.7. The molecule has 2 aromatic carbocycles. The summed E-state index contributed by atoms with van der Waals surface area (Å²) < 4.78 is 11.1.